The molecule has 0 aliphatic carbocycles. The van der Waals surface area contributed by atoms with Crippen LogP contribution in [-0.2, 0) is 0 Å². The molecule has 9 rings (SSSR count). The molecule has 2 aromatic heterocycles. The summed E-state index contributed by atoms with van der Waals surface area (Å²) < 4.78 is 12.6. The summed E-state index contributed by atoms with van der Waals surface area (Å²) in [6.45, 7) is 8.10. The van der Waals surface area contributed by atoms with E-state index in [2.05, 4.69) is 114 Å². The van der Waals surface area contributed by atoms with Crippen LogP contribution in [0, 0.1) is 6.57 Å². The van der Waals surface area contributed by atoms with Gasteiger partial charge in [0.1, 0.15) is 22.3 Å². The second-order valence-electron chi connectivity index (χ2n) is 11.6. The molecule has 46 heavy (non-hydrogen) atoms. The third-order valence-electron chi connectivity index (χ3n) is 8.92. The van der Waals surface area contributed by atoms with Crippen LogP contribution in [0.4, 0.5) is 5.69 Å². The number of fused-ring (bicyclic) bond motifs is 6. The molecule has 0 radical (unpaired) electrons. The number of benzene rings is 7. The first-order chi connectivity index (χ1) is 22.7. The molecule has 0 saturated carbocycles. The standard InChI is InChI=1S/C43H25NO2/c1-44-39-26-28(27-10-6-12-30(24-27)33-16-8-18-37-35-14-2-4-20-40(35)45-42(33)37)22-23-32(39)29-11-7-13-31(25-29)34-17-9-19-38-36-15-3-5-21-41(36)46-43(34)38/h2-26H. The van der Waals surface area contributed by atoms with Gasteiger partial charge in [-0.1, -0.05) is 121 Å². The predicted molar refractivity (Wildman–Crippen MR) is 189 cm³/mol. The highest BCUT2D eigenvalue weighted by molar-refractivity contribution is 6.10. The first kappa shape index (κ1) is 26.1. The number of furan rings is 2. The maximum atomic E-state index is 8.10. The molecule has 0 fully saturated rings. The van der Waals surface area contributed by atoms with E-state index in [1.165, 1.54) is 0 Å². The Bertz CT molecular complexity index is 2670. The Kier molecular flexibility index (Phi) is 5.88. The van der Waals surface area contributed by atoms with E-state index < -0.39 is 0 Å². The van der Waals surface area contributed by atoms with Crippen LogP contribution < -0.4 is 0 Å². The monoisotopic (exact) mass is 587 g/mol. The van der Waals surface area contributed by atoms with E-state index in [0.29, 0.717) is 5.69 Å². The summed E-state index contributed by atoms with van der Waals surface area (Å²) in [5.41, 5.74) is 12.3. The molecule has 0 atom stereocenters. The Morgan fingerprint density at radius 3 is 1.41 bits per heavy atom. The SMILES string of the molecule is [C-]#[N+]c1cc(-c2cccc(-c3cccc4c3oc3ccccc34)c2)ccc1-c1cccc(-c2cccc3c2oc2ccccc23)c1. The van der Waals surface area contributed by atoms with Crippen LogP contribution >= 0.6 is 0 Å². The number of hydrogen-bond acceptors (Lipinski definition) is 2. The zero-order valence-electron chi connectivity index (χ0n) is 24.7. The van der Waals surface area contributed by atoms with Crippen LogP contribution in [0.15, 0.2) is 160 Å². The summed E-state index contributed by atoms with van der Waals surface area (Å²) >= 11 is 0. The minimum Gasteiger partial charge on any atom is -0.455 e. The summed E-state index contributed by atoms with van der Waals surface area (Å²) in [7, 11) is 0. The highest BCUT2D eigenvalue weighted by Gasteiger charge is 2.15. The first-order valence-electron chi connectivity index (χ1n) is 15.3. The summed E-state index contributed by atoms with van der Waals surface area (Å²) in [5, 5.41) is 4.44. The summed E-state index contributed by atoms with van der Waals surface area (Å²) in [4.78, 5) is 3.98. The zero-order valence-corrected chi connectivity index (χ0v) is 24.7. The number of hydrogen-bond donors (Lipinski definition) is 0. The molecule has 0 amide bonds. The van der Waals surface area contributed by atoms with Crippen LogP contribution in [0.2, 0.25) is 0 Å². The first-order valence-corrected chi connectivity index (χ1v) is 15.3. The fraction of sp³-hybridized carbons (Fsp3) is 0. The lowest BCUT2D eigenvalue weighted by molar-refractivity contribution is 0.669. The maximum Gasteiger partial charge on any atom is 0.195 e. The third kappa shape index (κ3) is 4.13. The van der Waals surface area contributed by atoms with Gasteiger partial charge in [0.05, 0.1) is 6.57 Å². The largest absolute Gasteiger partial charge is 0.455 e. The van der Waals surface area contributed by atoms with E-state index in [0.717, 1.165) is 88.4 Å². The number of para-hydroxylation sites is 4. The lowest BCUT2D eigenvalue weighted by atomic mass is 9.94. The fourth-order valence-electron chi connectivity index (χ4n) is 6.72. The number of nitrogens with zero attached hydrogens (tertiary/aromatic N) is 1. The molecule has 0 N–H and O–H groups in total. The van der Waals surface area contributed by atoms with Gasteiger partial charge in [0.15, 0.2) is 5.69 Å². The lowest BCUT2D eigenvalue weighted by Crippen LogP contribution is -1.85. The van der Waals surface area contributed by atoms with Crippen molar-refractivity contribution in [1.82, 2.24) is 0 Å². The van der Waals surface area contributed by atoms with Crippen molar-refractivity contribution in [2.75, 3.05) is 0 Å². The van der Waals surface area contributed by atoms with E-state index in [9.17, 15) is 0 Å². The molecule has 3 nitrogen and oxygen atoms in total. The van der Waals surface area contributed by atoms with Crippen molar-refractivity contribution < 1.29 is 8.83 Å². The van der Waals surface area contributed by atoms with Crippen molar-refractivity contribution in [2.24, 2.45) is 0 Å². The molecular weight excluding hydrogens is 562 g/mol. The fourth-order valence-corrected chi connectivity index (χ4v) is 6.72. The van der Waals surface area contributed by atoms with Crippen LogP contribution in [0.1, 0.15) is 0 Å². The van der Waals surface area contributed by atoms with Gasteiger partial charge < -0.3 is 8.83 Å². The molecule has 0 unspecified atom stereocenters. The normalized spacial score (nSPS) is 11.5. The van der Waals surface area contributed by atoms with Gasteiger partial charge in [0.25, 0.3) is 0 Å². The molecule has 0 aliphatic rings. The Hall–Kier alpha value is -6.37. The van der Waals surface area contributed by atoms with E-state index in [-0.39, 0.29) is 0 Å². The van der Waals surface area contributed by atoms with E-state index in [4.69, 9.17) is 15.4 Å². The van der Waals surface area contributed by atoms with E-state index in [1.807, 2.05) is 42.5 Å². The second-order valence-corrected chi connectivity index (χ2v) is 11.6. The van der Waals surface area contributed by atoms with Gasteiger partial charge in [0.2, 0.25) is 0 Å². The average Bonchev–Trinajstić information content (AvgIpc) is 3.70. The average molecular weight is 588 g/mol. The minimum atomic E-state index is 0.612. The molecule has 3 heteroatoms. The molecule has 214 valence electrons. The highest BCUT2D eigenvalue weighted by atomic mass is 16.3. The van der Waals surface area contributed by atoms with Crippen LogP contribution in [-0.4, -0.2) is 0 Å². The molecular formula is C43H25NO2. The van der Waals surface area contributed by atoms with Gasteiger partial charge in [-0.25, -0.2) is 4.85 Å². The Balaban J connectivity index is 1.10. The number of rotatable bonds is 4. The van der Waals surface area contributed by atoms with E-state index >= 15 is 0 Å². The molecule has 0 saturated heterocycles. The molecule has 0 bridgehead atoms. The quantitative estimate of drug-likeness (QED) is 0.192. The van der Waals surface area contributed by atoms with Crippen molar-refractivity contribution in [2.45, 2.75) is 0 Å². The zero-order chi connectivity index (χ0) is 30.6. The summed E-state index contributed by atoms with van der Waals surface area (Å²) in [5.74, 6) is 0. The van der Waals surface area contributed by atoms with Crippen LogP contribution in [0.3, 0.4) is 0 Å². The summed E-state index contributed by atoms with van der Waals surface area (Å²) in [6, 6.07) is 51.9. The molecule has 0 spiro atoms. The van der Waals surface area contributed by atoms with Crippen LogP contribution in [0.5, 0.6) is 0 Å². The Morgan fingerprint density at radius 2 is 0.826 bits per heavy atom. The molecule has 7 aromatic carbocycles. The smallest absolute Gasteiger partial charge is 0.195 e. The molecule has 9 aromatic rings. The van der Waals surface area contributed by atoms with Gasteiger partial charge >= 0.3 is 0 Å². The van der Waals surface area contributed by atoms with Crippen molar-refractivity contribution in [3.05, 3.63) is 163 Å². The van der Waals surface area contributed by atoms with E-state index in [1.54, 1.807) is 0 Å². The van der Waals surface area contributed by atoms with Gasteiger partial charge in [0, 0.05) is 32.7 Å². The van der Waals surface area contributed by atoms with Gasteiger partial charge in [-0.3, -0.25) is 0 Å². The summed E-state index contributed by atoms with van der Waals surface area (Å²) in [6.07, 6.45) is 0. The minimum absolute atomic E-state index is 0.612. The maximum absolute atomic E-state index is 8.10. The van der Waals surface area contributed by atoms with Crippen molar-refractivity contribution in [1.29, 1.82) is 0 Å². The topological polar surface area (TPSA) is 30.6 Å². The molecule has 0 aliphatic heterocycles. The third-order valence-corrected chi connectivity index (χ3v) is 8.92. The van der Waals surface area contributed by atoms with Crippen molar-refractivity contribution in [3.63, 3.8) is 0 Å². The van der Waals surface area contributed by atoms with Gasteiger partial charge in [-0.15, -0.1) is 0 Å². The highest BCUT2D eigenvalue weighted by Crippen LogP contribution is 2.41. The molecule has 2 heterocycles. The van der Waals surface area contributed by atoms with Gasteiger partial charge in [-0.05, 0) is 63.7 Å². The van der Waals surface area contributed by atoms with Gasteiger partial charge in [-0.2, -0.15) is 0 Å². The van der Waals surface area contributed by atoms with Crippen LogP contribution in [0.25, 0.3) is 93.2 Å². The Labute approximate surface area is 265 Å². The van der Waals surface area contributed by atoms with Crippen molar-refractivity contribution >= 4 is 49.6 Å². The predicted octanol–water partition coefficient (Wildman–Crippen LogP) is 12.7. The second kappa shape index (κ2) is 10.4. The van der Waals surface area contributed by atoms with Crippen molar-refractivity contribution in [3.8, 4) is 44.5 Å². The Morgan fingerprint density at radius 1 is 0.370 bits per heavy atom. The lowest BCUT2D eigenvalue weighted by Gasteiger charge is -2.11.